The van der Waals surface area contributed by atoms with Gasteiger partial charge in [-0.25, -0.2) is 4.79 Å². The molecule has 3 rings (SSSR count). The van der Waals surface area contributed by atoms with Gasteiger partial charge in [-0.2, -0.15) is 0 Å². The quantitative estimate of drug-likeness (QED) is 0.795. The van der Waals surface area contributed by atoms with Gasteiger partial charge in [0.2, 0.25) is 0 Å². The number of fused-ring (bicyclic) bond motifs is 1. The molecule has 8 heteroatoms. The Hall–Kier alpha value is -3.03. The fourth-order valence-electron chi connectivity index (χ4n) is 3.32. The highest BCUT2D eigenvalue weighted by molar-refractivity contribution is 5.96. The minimum Gasteiger partial charge on any atom is -0.465 e. The van der Waals surface area contributed by atoms with Crippen LogP contribution in [0.2, 0.25) is 0 Å². The van der Waals surface area contributed by atoms with Crippen molar-refractivity contribution in [3.8, 4) is 5.75 Å². The van der Waals surface area contributed by atoms with Gasteiger partial charge in [0.25, 0.3) is 5.91 Å². The van der Waals surface area contributed by atoms with Gasteiger partial charge in [0.05, 0.1) is 18.7 Å². The van der Waals surface area contributed by atoms with Gasteiger partial charge in [0.1, 0.15) is 5.75 Å². The van der Waals surface area contributed by atoms with Crippen molar-refractivity contribution in [1.29, 1.82) is 0 Å². The Morgan fingerprint density at radius 1 is 1.14 bits per heavy atom. The number of esters is 1. The Balaban J connectivity index is 1.77. The zero-order valence-electron chi connectivity index (χ0n) is 15.2. The molecule has 0 heterocycles. The number of hydrogen-bond donors (Lipinski definition) is 1. The molecule has 2 aromatic rings. The molecule has 1 amide bonds. The summed E-state index contributed by atoms with van der Waals surface area (Å²) < 4.78 is 45.6. The Kier molecular flexibility index (Phi) is 5.31. The van der Waals surface area contributed by atoms with Crippen molar-refractivity contribution in [3.63, 3.8) is 0 Å². The molecule has 0 fully saturated rings. The van der Waals surface area contributed by atoms with Crippen LogP contribution >= 0.6 is 0 Å². The predicted molar refractivity (Wildman–Crippen MR) is 94.2 cm³/mol. The smallest absolute Gasteiger partial charge is 0.465 e. The fraction of sp³-hybridized carbons (Fsp3) is 0.300. The Morgan fingerprint density at radius 2 is 1.89 bits per heavy atom. The van der Waals surface area contributed by atoms with Crippen molar-refractivity contribution < 1.29 is 32.2 Å². The Bertz CT molecular complexity index is 924. The van der Waals surface area contributed by atoms with Crippen LogP contribution in [0.25, 0.3) is 0 Å². The van der Waals surface area contributed by atoms with Crippen molar-refractivity contribution in [2.75, 3.05) is 7.11 Å². The molecule has 0 bridgehead atoms. The lowest BCUT2D eigenvalue weighted by Gasteiger charge is -2.16. The van der Waals surface area contributed by atoms with E-state index in [-0.39, 0.29) is 17.4 Å². The first-order valence-corrected chi connectivity index (χ1v) is 8.56. The number of nitrogens with one attached hydrogen (secondary N) is 1. The number of alkyl halides is 3. The zero-order chi connectivity index (χ0) is 20.5. The molecule has 0 aliphatic heterocycles. The highest BCUT2D eigenvalue weighted by Crippen LogP contribution is 2.33. The molecule has 1 aliphatic carbocycles. The van der Waals surface area contributed by atoms with E-state index in [1.807, 2.05) is 6.07 Å². The SMILES string of the molecule is COC(=O)c1ccc2c(c1)[C@H](NC(=O)c1ccc(OC(F)(F)F)cc1C)CC2. The van der Waals surface area contributed by atoms with Gasteiger partial charge in [-0.3, -0.25) is 4.79 Å². The van der Waals surface area contributed by atoms with Crippen LogP contribution in [-0.2, 0) is 11.2 Å². The van der Waals surface area contributed by atoms with Crippen LogP contribution in [0.1, 0.15) is 49.9 Å². The second kappa shape index (κ2) is 7.53. The van der Waals surface area contributed by atoms with Gasteiger partial charge in [-0.05, 0) is 66.8 Å². The number of amides is 1. The molecule has 2 aromatic carbocycles. The van der Waals surface area contributed by atoms with E-state index in [1.54, 1.807) is 12.1 Å². The monoisotopic (exact) mass is 393 g/mol. The van der Waals surface area contributed by atoms with Gasteiger partial charge >= 0.3 is 12.3 Å². The topological polar surface area (TPSA) is 64.6 Å². The summed E-state index contributed by atoms with van der Waals surface area (Å²) in [6.07, 6.45) is -3.37. The van der Waals surface area contributed by atoms with Crippen molar-refractivity contribution in [3.05, 3.63) is 64.2 Å². The molecule has 0 saturated carbocycles. The minimum absolute atomic E-state index is 0.257. The van der Waals surface area contributed by atoms with Crippen LogP contribution in [0.5, 0.6) is 5.75 Å². The zero-order valence-corrected chi connectivity index (χ0v) is 15.2. The van der Waals surface area contributed by atoms with E-state index in [0.29, 0.717) is 17.5 Å². The summed E-state index contributed by atoms with van der Waals surface area (Å²) in [5.41, 5.74) is 2.88. The van der Waals surface area contributed by atoms with Crippen LogP contribution in [0.15, 0.2) is 36.4 Å². The van der Waals surface area contributed by atoms with Crippen LogP contribution in [-0.4, -0.2) is 25.3 Å². The molecule has 0 aromatic heterocycles. The Labute approximate surface area is 159 Å². The highest BCUT2D eigenvalue weighted by atomic mass is 19.4. The van der Waals surface area contributed by atoms with E-state index in [4.69, 9.17) is 4.74 Å². The molecular formula is C20H18F3NO4. The van der Waals surface area contributed by atoms with Crippen molar-refractivity contribution in [2.24, 2.45) is 0 Å². The maximum atomic E-state index is 12.6. The third kappa shape index (κ3) is 4.27. The number of aryl methyl sites for hydroxylation is 2. The summed E-state index contributed by atoms with van der Waals surface area (Å²) in [7, 11) is 1.30. The minimum atomic E-state index is -4.79. The standard InChI is InChI=1S/C20H18F3NO4/c1-11-9-14(28-20(21,22)23)6-7-15(11)18(25)24-17-8-5-12-3-4-13(10-16(12)17)19(26)27-2/h3-4,6-7,9-10,17H,5,8H2,1-2H3,(H,24,25)/t17-/m1/s1. The van der Waals surface area contributed by atoms with Crippen LogP contribution in [0.4, 0.5) is 13.2 Å². The van der Waals surface area contributed by atoms with Crippen LogP contribution < -0.4 is 10.1 Å². The van der Waals surface area contributed by atoms with Gasteiger partial charge in [0, 0.05) is 5.56 Å². The molecule has 0 saturated heterocycles. The molecule has 5 nitrogen and oxygen atoms in total. The number of methoxy groups -OCH3 is 1. The lowest BCUT2D eigenvalue weighted by molar-refractivity contribution is -0.274. The summed E-state index contributed by atoms with van der Waals surface area (Å²) in [6.45, 7) is 1.54. The lowest BCUT2D eigenvalue weighted by Crippen LogP contribution is -2.28. The van der Waals surface area contributed by atoms with E-state index in [1.165, 1.54) is 26.2 Å². The molecule has 148 valence electrons. The predicted octanol–water partition coefficient (Wildman–Crippen LogP) is 4.10. The number of halogens is 3. The summed E-state index contributed by atoms with van der Waals surface area (Å²) in [5, 5.41) is 2.89. The number of carbonyl (C=O) groups excluding carboxylic acids is 2. The summed E-state index contributed by atoms with van der Waals surface area (Å²) in [6, 6.07) is 8.49. The first-order valence-electron chi connectivity index (χ1n) is 8.56. The van der Waals surface area contributed by atoms with Crippen molar-refractivity contribution in [1.82, 2.24) is 5.32 Å². The number of rotatable bonds is 4. The number of hydrogen-bond acceptors (Lipinski definition) is 4. The summed E-state index contributed by atoms with van der Waals surface area (Å²) in [4.78, 5) is 24.4. The van der Waals surface area contributed by atoms with E-state index in [2.05, 4.69) is 10.1 Å². The molecule has 28 heavy (non-hydrogen) atoms. The normalized spacial score (nSPS) is 15.7. The van der Waals surface area contributed by atoms with Crippen molar-refractivity contribution in [2.45, 2.75) is 32.2 Å². The van der Waals surface area contributed by atoms with Gasteiger partial charge in [-0.15, -0.1) is 13.2 Å². The van der Waals surface area contributed by atoms with E-state index in [9.17, 15) is 22.8 Å². The molecular weight excluding hydrogens is 375 g/mol. The van der Waals surface area contributed by atoms with Gasteiger partial charge in [-0.1, -0.05) is 6.07 Å². The van der Waals surface area contributed by atoms with Gasteiger partial charge < -0.3 is 14.8 Å². The summed E-state index contributed by atoms with van der Waals surface area (Å²) >= 11 is 0. The largest absolute Gasteiger partial charge is 0.573 e. The average Bonchev–Trinajstić information content (AvgIpc) is 3.01. The maximum Gasteiger partial charge on any atom is 0.573 e. The van der Waals surface area contributed by atoms with Crippen molar-refractivity contribution >= 4 is 11.9 Å². The van der Waals surface area contributed by atoms with E-state index in [0.717, 1.165) is 23.6 Å². The number of carbonyl (C=O) groups is 2. The maximum absolute atomic E-state index is 12.6. The second-order valence-electron chi connectivity index (χ2n) is 6.49. The Morgan fingerprint density at radius 3 is 2.54 bits per heavy atom. The molecule has 1 aliphatic rings. The first-order chi connectivity index (χ1) is 13.2. The fourth-order valence-corrected chi connectivity index (χ4v) is 3.32. The number of benzene rings is 2. The first kappa shape index (κ1) is 19.7. The molecule has 0 spiro atoms. The third-order valence-corrected chi connectivity index (χ3v) is 4.63. The molecule has 0 unspecified atom stereocenters. The van der Waals surface area contributed by atoms with Crippen LogP contribution in [0, 0.1) is 6.92 Å². The second-order valence-corrected chi connectivity index (χ2v) is 6.49. The van der Waals surface area contributed by atoms with Gasteiger partial charge in [0.15, 0.2) is 0 Å². The third-order valence-electron chi connectivity index (χ3n) is 4.63. The highest BCUT2D eigenvalue weighted by Gasteiger charge is 2.31. The van der Waals surface area contributed by atoms with Crippen LogP contribution in [0.3, 0.4) is 0 Å². The lowest BCUT2D eigenvalue weighted by atomic mass is 10.0. The van der Waals surface area contributed by atoms with E-state index >= 15 is 0 Å². The number of ether oxygens (including phenoxy) is 2. The molecule has 0 radical (unpaired) electrons. The molecule has 1 N–H and O–H groups in total. The molecule has 1 atom stereocenters. The van der Waals surface area contributed by atoms with E-state index < -0.39 is 18.2 Å². The summed E-state index contributed by atoms with van der Waals surface area (Å²) in [5.74, 6) is -1.25. The average molecular weight is 393 g/mol.